The summed E-state index contributed by atoms with van der Waals surface area (Å²) >= 11 is 1.45. The molecule has 6 nitrogen and oxygen atoms in total. The second-order valence-corrected chi connectivity index (χ2v) is 9.33. The van der Waals surface area contributed by atoms with Crippen molar-refractivity contribution in [3.05, 3.63) is 51.4 Å². The first kappa shape index (κ1) is 21.3. The van der Waals surface area contributed by atoms with Gasteiger partial charge in [0.05, 0.1) is 16.7 Å². The number of hydrogen-bond donors (Lipinski definition) is 1. The van der Waals surface area contributed by atoms with Crippen molar-refractivity contribution >= 4 is 34.1 Å². The number of nitrogens with one attached hydrogen (secondary N) is 1. The van der Waals surface area contributed by atoms with Gasteiger partial charge in [-0.15, -0.1) is 11.3 Å². The maximum Gasteiger partial charge on any atom is 0.262 e. The summed E-state index contributed by atoms with van der Waals surface area (Å²) in [5.74, 6) is -1.53. The van der Waals surface area contributed by atoms with Crippen molar-refractivity contribution in [1.82, 2.24) is 4.90 Å². The molecule has 3 amide bonds. The summed E-state index contributed by atoms with van der Waals surface area (Å²) in [7, 11) is 0. The second-order valence-electron chi connectivity index (χ2n) is 8.23. The molecule has 31 heavy (non-hydrogen) atoms. The molecule has 7 heteroatoms. The van der Waals surface area contributed by atoms with Gasteiger partial charge in [0.2, 0.25) is 5.91 Å². The molecule has 0 bridgehead atoms. The number of benzene rings is 1. The molecule has 0 saturated carbocycles. The highest BCUT2D eigenvalue weighted by molar-refractivity contribution is 7.16. The Morgan fingerprint density at radius 2 is 1.81 bits per heavy atom. The van der Waals surface area contributed by atoms with Crippen LogP contribution in [0, 0.1) is 17.2 Å². The Bertz CT molecular complexity index is 1060. The molecule has 2 aromatic rings. The van der Waals surface area contributed by atoms with Crippen LogP contribution in [0.25, 0.3) is 0 Å². The van der Waals surface area contributed by atoms with Crippen molar-refractivity contribution in [2.75, 3.05) is 5.32 Å². The maximum atomic E-state index is 13.4. The summed E-state index contributed by atoms with van der Waals surface area (Å²) in [6, 6.07) is 7.99. The van der Waals surface area contributed by atoms with Crippen molar-refractivity contribution < 1.29 is 14.4 Å². The van der Waals surface area contributed by atoms with Crippen LogP contribution in [0.1, 0.15) is 76.3 Å². The van der Waals surface area contributed by atoms with Crippen molar-refractivity contribution in [2.45, 2.75) is 58.4 Å². The summed E-state index contributed by atoms with van der Waals surface area (Å²) < 4.78 is 0. The van der Waals surface area contributed by atoms with Gasteiger partial charge in [0.25, 0.3) is 11.8 Å². The monoisotopic (exact) mass is 435 g/mol. The Labute approximate surface area is 185 Å². The molecule has 1 aromatic carbocycles. The molecule has 2 atom stereocenters. The van der Waals surface area contributed by atoms with Gasteiger partial charge in [-0.3, -0.25) is 19.3 Å². The average Bonchev–Trinajstić information content (AvgIpc) is 3.10. The lowest BCUT2D eigenvalue weighted by atomic mass is 9.96. The van der Waals surface area contributed by atoms with Gasteiger partial charge in [0.15, 0.2) is 0 Å². The predicted molar refractivity (Wildman–Crippen MR) is 119 cm³/mol. The molecular formula is C24H25N3O3S. The molecule has 2 heterocycles. The lowest BCUT2D eigenvalue weighted by Crippen LogP contribution is -2.50. The number of anilines is 1. The normalized spacial score (nSPS) is 17.4. The van der Waals surface area contributed by atoms with Crippen LogP contribution in [0.15, 0.2) is 24.3 Å². The SMILES string of the molecule is CC[C@@H](C)[C@@H](C(=O)Nc1sc2c(c1C#N)CCCCC2)N1C(=O)c2ccccc2C1=O. The van der Waals surface area contributed by atoms with Crippen molar-refractivity contribution in [1.29, 1.82) is 5.26 Å². The number of aryl methyl sites for hydroxylation is 1. The third-order valence-electron chi connectivity index (χ3n) is 6.33. The number of amides is 3. The largest absolute Gasteiger partial charge is 0.315 e. The van der Waals surface area contributed by atoms with Gasteiger partial charge in [0.1, 0.15) is 17.1 Å². The minimum atomic E-state index is -0.939. The van der Waals surface area contributed by atoms with Crippen LogP contribution >= 0.6 is 11.3 Å². The fourth-order valence-electron chi connectivity index (χ4n) is 4.45. The van der Waals surface area contributed by atoms with Crippen LogP contribution in [-0.4, -0.2) is 28.7 Å². The molecule has 0 unspecified atom stereocenters. The van der Waals surface area contributed by atoms with E-state index in [0.29, 0.717) is 28.1 Å². The zero-order valence-electron chi connectivity index (χ0n) is 17.7. The minimum Gasteiger partial charge on any atom is -0.315 e. The fourth-order valence-corrected chi connectivity index (χ4v) is 5.69. The molecule has 0 radical (unpaired) electrons. The third-order valence-corrected chi connectivity index (χ3v) is 7.53. The van der Waals surface area contributed by atoms with E-state index in [-0.39, 0.29) is 5.92 Å². The third kappa shape index (κ3) is 3.66. The molecule has 1 aliphatic heterocycles. The van der Waals surface area contributed by atoms with Crippen molar-refractivity contribution in [2.24, 2.45) is 5.92 Å². The first-order valence-electron chi connectivity index (χ1n) is 10.8. The molecule has 1 aliphatic carbocycles. The summed E-state index contributed by atoms with van der Waals surface area (Å²) in [5.41, 5.74) is 2.23. The smallest absolute Gasteiger partial charge is 0.262 e. The Hall–Kier alpha value is -2.98. The molecule has 0 spiro atoms. The summed E-state index contributed by atoms with van der Waals surface area (Å²) in [6.07, 6.45) is 5.64. The van der Waals surface area contributed by atoms with Gasteiger partial charge < -0.3 is 5.32 Å². The molecule has 0 fully saturated rings. The van der Waals surface area contributed by atoms with Gasteiger partial charge in [-0.2, -0.15) is 5.26 Å². The van der Waals surface area contributed by atoms with E-state index in [1.54, 1.807) is 24.3 Å². The number of thiophene rings is 1. The number of fused-ring (bicyclic) bond motifs is 2. The summed E-state index contributed by atoms with van der Waals surface area (Å²) in [6.45, 7) is 3.79. The number of carbonyl (C=O) groups excluding carboxylic acids is 3. The Kier molecular flexibility index (Phi) is 5.92. The number of nitriles is 1. The van der Waals surface area contributed by atoms with Gasteiger partial charge >= 0.3 is 0 Å². The maximum absolute atomic E-state index is 13.4. The summed E-state index contributed by atoms with van der Waals surface area (Å²) in [5, 5.41) is 13.2. The van der Waals surface area contributed by atoms with Crippen LogP contribution in [0.3, 0.4) is 0 Å². The Morgan fingerprint density at radius 3 is 2.42 bits per heavy atom. The van der Waals surface area contributed by atoms with E-state index in [1.165, 1.54) is 11.3 Å². The predicted octanol–water partition coefficient (Wildman–Crippen LogP) is 4.54. The van der Waals surface area contributed by atoms with Crippen LogP contribution in [0.4, 0.5) is 5.00 Å². The van der Waals surface area contributed by atoms with Crippen LogP contribution < -0.4 is 5.32 Å². The van der Waals surface area contributed by atoms with Gasteiger partial charge in [-0.1, -0.05) is 38.8 Å². The van der Waals surface area contributed by atoms with Gasteiger partial charge in [0, 0.05) is 4.88 Å². The Morgan fingerprint density at radius 1 is 1.16 bits per heavy atom. The quantitative estimate of drug-likeness (QED) is 0.551. The highest BCUT2D eigenvalue weighted by Gasteiger charge is 2.44. The van der Waals surface area contributed by atoms with E-state index in [2.05, 4.69) is 11.4 Å². The van der Waals surface area contributed by atoms with E-state index in [9.17, 15) is 19.6 Å². The first-order chi connectivity index (χ1) is 15.0. The van der Waals surface area contributed by atoms with E-state index in [0.717, 1.165) is 47.4 Å². The number of imide groups is 1. The van der Waals surface area contributed by atoms with E-state index in [4.69, 9.17) is 0 Å². The zero-order valence-corrected chi connectivity index (χ0v) is 18.6. The van der Waals surface area contributed by atoms with Crippen molar-refractivity contribution in [3.8, 4) is 6.07 Å². The van der Waals surface area contributed by atoms with Crippen LogP contribution in [-0.2, 0) is 17.6 Å². The molecular weight excluding hydrogens is 410 g/mol. The lowest BCUT2D eigenvalue weighted by Gasteiger charge is -2.29. The highest BCUT2D eigenvalue weighted by atomic mass is 32.1. The number of carbonyl (C=O) groups is 3. The second kappa shape index (κ2) is 8.64. The van der Waals surface area contributed by atoms with Crippen molar-refractivity contribution in [3.63, 3.8) is 0 Å². The van der Waals surface area contributed by atoms with Gasteiger partial charge in [-0.25, -0.2) is 0 Å². The van der Waals surface area contributed by atoms with E-state index < -0.39 is 23.8 Å². The molecule has 4 rings (SSSR count). The number of nitrogens with zero attached hydrogens (tertiary/aromatic N) is 2. The molecule has 2 aliphatic rings. The summed E-state index contributed by atoms with van der Waals surface area (Å²) in [4.78, 5) is 41.7. The molecule has 1 aromatic heterocycles. The van der Waals surface area contributed by atoms with E-state index in [1.807, 2.05) is 13.8 Å². The van der Waals surface area contributed by atoms with Crippen LogP contribution in [0.5, 0.6) is 0 Å². The average molecular weight is 436 g/mol. The number of hydrogen-bond acceptors (Lipinski definition) is 5. The van der Waals surface area contributed by atoms with Gasteiger partial charge in [-0.05, 0) is 49.3 Å². The number of rotatable bonds is 5. The first-order valence-corrected chi connectivity index (χ1v) is 11.6. The van der Waals surface area contributed by atoms with E-state index >= 15 is 0 Å². The molecule has 1 N–H and O–H groups in total. The Balaban J connectivity index is 1.67. The molecule has 160 valence electrons. The topological polar surface area (TPSA) is 90.3 Å². The van der Waals surface area contributed by atoms with Crippen LogP contribution in [0.2, 0.25) is 0 Å². The zero-order chi connectivity index (χ0) is 22.1. The molecule has 0 saturated heterocycles. The minimum absolute atomic E-state index is 0.231. The fraction of sp³-hybridized carbons (Fsp3) is 0.417. The standard InChI is InChI=1S/C24H25N3O3S/c1-3-14(2)20(27-23(29)16-10-7-8-11-17(16)24(27)30)21(28)26-22-18(13-25)15-9-5-4-6-12-19(15)31-22/h7-8,10-11,14,20H,3-6,9,12H2,1-2H3,(H,26,28)/t14-,20+/m1/s1. The lowest BCUT2D eigenvalue weighted by molar-refractivity contribution is -0.121. The highest BCUT2D eigenvalue weighted by Crippen LogP contribution is 2.38.